The fraction of sp³-hybridized carbons (Fsp3) is 0.368. The first-order valence-electron chi connectivity index (χ1n) is 7.97. The van der Waals surface area contributed by atoms with Crippen LogP contribution in [0.15, 0.2) is 54.6 Å². The fourth-order valence-corrected chi connectivity index (χ4v) is 4.13. The number of benzene rings is 2. The molecule has 0 bridgehead atoms. The molecule has 3 nitrogen and oxygen atoms in total. The van der Waals surface area contributed by atoms with E-state index in [4.69, 9.17) is 0 Å². The zero-order valence-corrected chi connectivity index (χ0v) is 14.8. The number of sulfonamides is 1. The molecule has 0 spiro atoms. The second kappa shape index (κ2) is 7.75. The highest BCUT2D eigenvalue weighted by atomic mass is 32.2. The quantitative estimate of drug-likeness (QED) is 0.826. The Morgan fingerprint density at radius 2 is 1.57 bits per heavy atom. The summed E-state index contributed by atoms with van der Waals surface area (Å²) >= 11 is 0. The minimum atomic E-state index is -3.40. The molecule has 0 unspecified atom stereocenters. The average Bonchev–Trinajstić information content (AvgIpc) is 2.49. The van der Waals surface area contributed by atoms with Gasteiger partial charge in [-0.15, -0.1) is 0 Å². The molecule has 1 N–H and O–H groups in total. The van der Waals surface area contributed by atoms with Crippen LogP contribution in [0.4, 0.5) is 0 Å². The molecule has 2 rings (SSSR count). The van der Waals surface area contributed by atoms with E-state index in [2.05, 4.69) is 18.6 Å². The molecule has 0 aromatic heterocycles. The Balaban J connectivity index is 2.19. The zero-order chi connectivity index (χ0) is 16.9. The first-order valence-corrected chi connectivity index (χ1v) is 9.62. The highest BCUT2D eigenvalue weighted by Gasteiger charge is 2.21. The Morgan fingerprint density at radius 1 is 0.957 bits per heavy atom. The molecular formula is C19H25NO2S. The summed E-state index contributed by atoms with van der Waals surface area (Å²) in [4.78, 5) is 0. The number of rotatable bonds is 7. The molecule has 124 valence electrons. The summed E-state index contributed by atoms with van der Waals surface area (Å²) in [5, 5.41) is 0. The largest absolute Gasteiger partial charge is 0.216 e. The number of hydrogen-bond donors (Lipinski definition) is 1. The van der Waals surface area contributed by atoms with Crippen molar-refractivity contribution in [2.24, 2.45) is 5.92 Å². The lowest BCUT2D eigenvalue weighted by Gasteiger charge is -2.21. The van der Waals surface area contributed by atoms with Gasteiger partial charge in [-0.25, -0.2) is 13.1 Å². The highest BCUT2D eigenvalue weighted by molar-refractivity contribution is 7.88. The van der Waals surface area contributed by atoms with Gasteiger partial charge >= 0.3 is 0 Å². The lowest BCUT2D eigenvalue weighted by atomic mass is 9.98. The Kier molecular flexibility index (Phi) is 5.97. The average molecular weight is 331 g/mol. The van der Waals surface area contributed by atoms with E-state index in [-0.39, 0.29) is 11.8 Å². The first kappa shape index (κ1) is 17.7. The van der Waals surface area contributed by atoms with E-state index < -0.39 is 10.0 Å². The molecule has 0 heterocycles. The van der Waals surface area contributed by atoms with Crippen LogP contribution in [0.2, 0.25) is 0 Å². The summed E-state index contributed by atoms with van der Waals surface area (Å²) < 4.78 is 28.1. The highest BCUT2D eigenvalue weighted by Crippen LogP contribution is 2.23. The standard InChI is InChI=1S/C19H25NO2S/c1-15(2)13-19(17-10-5-4-6-11-17)20-23(21,22)14-18-12-8-7-9-16(18)3/h4-12,15,19-20H,13-14H2,1-3H3/t19-/m1/s1. The van der Waals surface area contributed by atoms with Crippen molar-refractivity contribution < 1.29 is 8.42 Å². The second-order valence-electron chi connectivity index (χ2n) is 6.40. The maximum Gasteiger partial charge on any atom is 0.216 e. The summed E-state index contributed by atoms with van der Waals surface area (Å²) in [6, 6.07) is 17.2. The Bertz CT molecular complexity index is 724. The monoisotopic (exact) mass is 331 g/mol. The molecule has 2 aromatic rings. The third-order valence-electron chi connectivity index (χ3n) is 3.84. The smallest absolute Gasteiger partial charge is 0.212 e. The van der Waals surface area contributed by atoms with Crippen molar-refractivity contribution in [1.29, 1.82) is 0 Å². The summed E-state index contributed by atoms with van der Waals surface area (Å²) in [6.45, 7) is 6.14. The van der Waals surface area contributed by atoms with E-state index in [0.29, 0.717) is 5.92 Å². The SMILES string of the molecule is Cc1ccccc1CS(=O)(=O)N[C@H](CC(C)C)c1ccccc1. The van der Waals surface area contributed by atoms with Gasteiger partial charge in [0.2, 0.25) is 10.0 Å². The number of aryl methyl sites for hydroxylation is 1. The van der Waals surface area contributed by atoms with Crippen LogP contribution in [0.3, 0.4) is 0 Å². The minimum Gasteiger partial charge on any atom is -0.212 e. The van der Waals surface area contributed by atoms with E-state index >= 15 is 0 Å². The van der Waals surface area contributed by atoms with Crippen molar-refractivity contribution in [2.45, 2.75) is 39.0 Å². The molecule has 0 saturated carbocycles. The van der Waals surface area contributed by atoms with Crippen LogP contribution in [0.25, 0.3) is 0 Å². The van der Waals surface area contributed by atoms with E-state index in [1.54, 1.807) is 0 Å². The molecule has 0 radical (unpaired) electrons. The van der Waals surface area contributed by atoms with Crippen molar-refractivity contribution >= 4 is 10.0 Å². The summed E-state index contributed by atoms with van der Waals surface area (Å²) in [6.07, 6.45) is 0.775. The van der Waals surface area contributed by atoms with Crippen LogP contribution < -0.4 is 4.72 Å². The van der Waals surface area contributed by atoms with Crippen LogP contribution in [0.5, 0.6) is 0 Å². The second-order valence-corrected chi connectivity index (χ2v) is 8.15. The van der Waals surface area contributed by atoms with Gasteiger partial charge in [0.1, 0.15) is 0 Å². The summed E-state index contributed by atoms with van der Waals surface area (Å²) in [7, 11) is -3.40. The molecule has 0 aliphatic heterocycles. The van der Waals surface area contributed by atoms with Gasteiger partial charge in [-0.2, -0.15) is 0 Å². The summed E-state index contributed by atoms with van der Waals surface area (Å²) in [5.74, 6) is 0.419. The van der Waals surface area contributed by atoms with Crippen molar-refractivity contribution in [1.82, 2.24) is 4.72 Å². The van der Waals surface area contributed by atoms with Crippen LogP contribution in [-0.4, -0.2) is 8.42 Å². The number of nitrogens with one attached hydrogen (secondary N) is 1. The molecule has 0 aliphatic rings. The molecular weight excluding hydrogens is 306 g/mol. The summed E-state index contributed by atoms with van der Waals surface area (Å²) in [5.41, 5.74) is 2.85. The topological polar surface area (TPSA) is 46.2 Å². The Hall–Kier alpha value is -1.65. The van der Waals surface area contributed by atoms with E-state index in [0.717, 1.165) is 23.1 Å². The number of hydrogen-bond acceptors (Lipinski definition) is 2. The lowest BCUT2D eigenvalue weighted by molar-refractivity contribution is 0.471. The van der Waals surface area contributed by atoms with Crippen LogP contribution >= 0.6 is 0 Å². The van der Waals surface area contributed by atoms with E-state index in [9.17, 15) is 8.42 Å². The third-order valence-corrected chi connectivity index (χ3v) is 5.17. The van der Waals surface area contributed by atoms with E-state index in [1.807, 2.05) is 61.5 Å². The Morgan fingerprint density at radius 3 is 2.17 bits per heavy atom. The normalized spacial score (nSPS) is 13.2. The third kappa shape index (κ3) is 5.48. The predicted molar refractivity (Wildman–Crippen MR) is 95.6 cm³/mol. The molecule has 2 aromatic carbocycles. The molecule has 0 saturated heterocycles. The van der Waals surface area contributed by atoms with Crippen molar-refractivity contribution in [3.05, 3.63) is 71.3 Å². The zero-order valence-electron chi connectivity index (χ0n) is 14.0. The fourth-order valence-electron chi connectivity index (χ4n) is 2.64. The molecule has 1 atom stereocenters. The van der Waals surface area contributed by atoms with Gasteiger partial charge in [0.15, 0.2) is 0 Å². The molecule has 0 aliphatic carbocycles. The maximum absolute atomic E-state index is 12.6. The maximum atomic E-state index is 12.6. The van der Waals surface area contributed by atoms with Crippen LogP contribution in [0, 0.1) is 12.8 Å². The molecule has 23 heavy (non-hydrogen) atoms. The van der Waals surface area contributed by atoms with Crippen LogP contribution in [-0.2, 0) is 15.8 Å². The van der Waals surface area contributed by atoms with Gasteiger partial charge in [-0.05, 0) is 36.0 Å². The van der Waals surface area contributed by atoms with Gasteiger partial charge in [0, 0.05) is 6.04 Å². The van der Waals surface area contributed by atoms with Gasteiger partial charge in [0.05, 0.1) is 5.75 Å². The van der Waals surface area contributed by atoms with Gasteiger partial charge < -0.3 is 0 Å². The minimum absolute atomic E-state index is 0.0150. The lowest BCUT2D eigenvalue weighted by Crippen LogP contribution is -2.30. The van der Waals surface area contributed by atoms with Gasteiger partial charge in [0.25, 0.3) is 0 Å². The molecule has 0 fully saturated rings. The van der Waals surface area contributed by atoms with Crippen molar-refractivity contribution in [3.63, 3.8) is 0 Å². The molecule has 0 amide bonds. The van der Waals surface area contributed by atoms with Crippen molar-refractivity contribution in [2.75, 3.05) is 0 Å². The van der Waals surface area contributed by atoms with E-state index in [1.165, 1.54) is 0 Å². The Labute approximate surface area is 139 Å². The van der Waals surface area contributed by atoms with Crippen molar-refractivity contribution in [3.8, 4) is 0 Å². The van der Waals surface area contributed by atoms with Gasteiger partial charge in [-0.3, -0.25) is 0 Å². The van der Waals surface area contributed by atoms with Gasteiger partial charge in [-0.1, -0.05) is 68.4 Å². The predicted octanol–water partition coefficient (Wildman–Crippen LogP) is 4.20. The first-order chi connectivity index (χ1) is 10.9. The molecule has 4 heteroatoms. The van der Waals surface area contributed by atoms with Crippen LogP contribution in [0.1, 0.15) is 43.0 Å².